The van der Waals surface area contributed by atoms with E-state index in [4.69, 9.17) is 4.74 Å². The van der Waals surface area contributed by atoms with Crippen LogP contribution in [-0.4, -0.2) is 11.7 Å². The Morgan fingerprint density at radius 3 is 1.67 bits per heavy atom. The SMILES string of the molecule is OC1=CC(C(Sc2ccccc2)(Sc2ccccc2)c2ccccc2)CO1. The lowest BCUT2D eigenvalue weighted by atomic mass is 9.99. The predicted molar refractivity (Wildman–Crippen MR) is 113 cm³/mol. The summed E-state index contributed by atoms with van der Waals surface area (Å²) >= 11 is 3.62. The van der Waals surface area contributed by atoms with Gasteiger partial charge >= 0.3 is 0 Å². The van der Waals surface area contributed by atoms with Crippen molar-refractivity contribution >= 4 is 23.5 Å². The molecule has 4 heteroatoms. The Morgan fingerprint density at radius 1 is 0.741 bits per heavy atom. The van der Waals surface area contributed by atoms with E-state index in [0.29, 0.717) is 6.61 Å². The molecule has 0 fully saturated rings. The molecule has 3 aromatic carbocycles. The average molecular weight is 393 g/mol. The van der Waals surface area contributed by atoms with E-state index in [1.54, 1.807) is 0 Å². The number of rotatable bonds is 6. The Balaban J connectivity index is 1.84. The van der Waals surface area contributed by atoms with Crippen LogP contribution >= 0.6 is 23.5 Å². The summed E-state index contributed by atoms with van der Waals surface area (Å²) in [6, 6.07) is 31.3. The van der Waals surface area contributed by atoms with Crippen molar-refractivity contribution in [2.45, 2.75) is 13.9 Å². The zero-order valence-electron chi connectivity index (χ0n) is 14.7. The smallest absolute Gasteiger partial charge is 0.272 e. The van der Waals surface area contributed by atoms with Crippen molar-refractivity contribution in [3.8, 4) is 0 Å². The molecular formula is C23H20O2S2. The summed E-state index contributed by atoms with van der Waals surface area (Å²) in [5, 5.41) is 9.96. The Kier molecular flexibility index (Phi) is 5.46. The highest BCUT2D eigenvalue weighted by atomic mass is 32.2. The van der Waals surface area contributed by atoms with Gasteiger partial charge in [0.25, 0.3) is 5.95 Å². The number of hydrogen-bond donors (Lipinski definition) is 1. The number of aliphatic hydroxyl groups excluding tert-OH is 1. The van der Waals surface area contributed by atoms with Gasteiger partial charge in [0.1, 0.15) is 10.7 Å². The standard InChI is InChI=1S/C23H20O2S2/c24-22-16-19(17-25-22)23(18-10-4-1-5-11-18,26-20-12-6-2-7-13-20)27-21-14-8-3-9-15-21/h1-16,19,24H,17H2. The third-order valence-electron chi connectivity index (χ3n) is 4.44. The van der Waals surface area contributed by atoms with Crippen molar-refractivity contribution < 1.29 is 9.84 Å². The van der Waals surface area contributed by atoms with Gasteiger partial charge in [-0.05, 0) is 29.8 Å². The molecule has 0 spiro atoms. The van der Waals surface area contributed by atoms with Crippen LogP contribution in [0, 0.1) is 5.92 Å². The van der Waals surface area contributed by atoms with Crippen LogP contribution in [0.15, 0.2) is 113 Å². The van der Waals surface area contributed by atoms with Gasteiger partial charge in [-0.25, -0.2) is 0 Å². The van der Waals surface area contributed by atoms with Crippen LogP contribution in [0.1, 0.15) is 5.56 Å². The topological polar surface area (TPSA) is 29.5 Å². The highest BCUT2D eigenvalue weighted by Crippen LogP contribution is 2.58. The first-order chi connectivity index (χ1) is 13.3. The zero-order chi connectivity index (χ0) is 18.5. The molecule has 0 bridgehead atoms. The van der Waals surface area contributed by atoms with Crippen LogP contribution < -0.4 is 0 Å². The highest BCUT2D eigenvalue weighted by Gasteiger charge is 2.44. The summed E-state index contributed by atoms with van der Waals surface area (Å²) in [4.78, 5) is 2.37. The molecule has 0 aliphatic carbocycles. The monoisotopic (exact) mass is 392 g/mol. The molecular weight excluding hydrogens is 372 g/mol. The molecule has 136 valence electrons. The van der Waals surface area contributed by atoms with Crippen molar-refractivity contribution in [2.75, 3.05) is 6.61 Å². The van der Waals surface area contributed by atoms with Crippen molar-refractivity contribution in [3.05, 3.63) is 109 Å². The van der Waals surface area contributed by atoms with Crippen LogP contribution in [0.25, 0.3) is 0 Å². The normalized spacial score (nSPS) is 16.6. The second kappa shape index (κ2) is 8.15. The van der Waals surface area contributed by atoms with Crippen LogP contribution in [0.2, 0.25) is 0 Å². The van der Waals surface area contributed by atoms with Crippen molar-refractivity contribution in [3.63, 3.8) is 0 Å². The van der Waals surface area contributed by atoms with Gasteiger partial charge in [-0.1, -0.05) is 66.7 Å². The maximum Gasteiger partial charge on any atom is 0.272 e. The molecule has 0 amide bonds. The number of aliphatic hydroxyl groups is 1. The number of ether oxygens (including phenoxy) is 1. The van der Waals surface area contributed by atoms with Gasteiger partial charge in [-0.3, -0.25) is 0 Å². The van der Waals surface area contributed by atoms with Gasteiger partial charge in [0.2, 0.25) is 0 Å². The summed E-state index contributed by atoms with van der Waals surface area (Å²) < 4.78 is 5.09. The number of hydrogen-bond acceptors (Lipinski definition) is 4. The third kappa shape index (κ3) is 4.02. The molecule has 0 radical (unpaired) electrons. The molecule has 3 aromatic rings. The lowest BCUT2D eigenvalue weighted by molar-refractivity contribution is 0.107. The van der Waals surface area contributed by atoms with Gasteiger partial charge in [-0.15, -0.1) is 23.5 Å². The van der Waals surface area contributed by atoms with E-state index >= 15 is 0 Å². The van der Waals surface area contributed by atoms with E-state index < -0.39 is 0 Å². The fourth-order valence-corrected chi connectivity index (χ4v) is 6.28. The largest absolute Gasteiger partial charge is 0.481 e. The molecule has 2 nitrogen and oxygen atoms in total. The van der Waals surface area contributed by atoms with Crippen LogP contribution in [0.4, 0.5) is 0 Å². The van der Waals surface area contributed by atoms with Gasteiger partial charge in [0.15, 0.2) is 0 Å². The van der Waals surface area contributed by atoms with Gasteiger partial charge in [0.05, 0.1) is 0 Å². The molecule has 1 N–H and O–H groups in total. The maximum absolute atomic E-state index is 9.96. The average Bonchev–Trinajstić information content (AvgIpc) is 3.16. The Bertz CT molecular complexity index is 854. The summed E-state index contributed by atoms with van der Waals surface area (Å²) in [5.41, 5.74) is 1.20. The Morgan fingerprint density at radius 2 is 1.22 bits per heavy atom. The molecule has 1 aliphatic rings. The van der Waals surface area contributed by atoms with Gasteiger partial charge in [0, 0.05) is 21.8 Å². The quantitative estimate of drug-likeness (QED) is 0.384. The molecule has 1 heterocycles. The van der Waals surface area contributed by atoms with Crippen molar-refractivity contribution in [1.82, 2.24) is 0 Å². The summed E-state index contributed by atoms with van der Waals surface area (Å²) in [6.07, 6.45) is 1.85. The van der Waals surface area contributed by atoms with Gasteiger partial charge < -0.3 is 9.84 Å². The van der Waals surface area contributed by atoms with E-state index in [9.17, 15) is 5.11 Å². The van der Waals surface area contributed by atoms with Crippen LogP contribution in [0.3, 0.4) is 0 Å². The Hall–Kier alpha value is -2.30. The first kappa shape index (κ1) is 18.1. The molecule has 1 atom stereocenters. The molecule has 4 rings (SSSR count). The molecule has 1 aliphatic heterocycles. The van der Waals surface area contributed by atoms with Gasteiger partial charge in [-0.2, -0.15) is 0 Å². The number of benzene rings is 3. The van der Waals surface area contributed by atoms with E-state index in [0.717, 1.165) is 0 Å². The van der Waals surface area contributed by atoms with Crippen molar-refractivity contribution in [2.24, 2.45) is 5.92 Å². The van der Waals surface area contributed by atoms with E-state index in [-0.39, 0.29) is 15.9 Å². The van der Waals surface area contributed by atoms with Crippen LogP contribution in [0.5, 0.6) is 0 Å². The summed E-state index contributed by atoms with van der Waals surface area (Å²) in [6.45, 7) is 0.459. The summed E-state index contributed by atoms with van der Waals surface area (Å²) in [5.74, 6) is 0.0398. The van der Waals surface area contributed by atoms with Crippen molar-refractivity contribution in [1.29, 1.82) is 0 Å². The minimum Gasteiger partial charge on any atom is -0.481 e. The third-order valence-corrected chi connectivity index (χ3v) is 7.64. The maximum atomic E-state index is 9.96. The lowest BCUT2D eigenvalue weighted by Crippen LogP contribution is -2.28. The van der Waals surface area contributed by atoms with Crippen LogP contribution in [-0.2, 0) is 8.82 Å². The fraction of sp³-hybridized carbons (Fsp3) is 0.130. The molecule has 0 saturated heterocycles. The second-order valence-electron chi connectivity index (χ2n) is 6.29. The minimum atomic E-state index is -0.367. The molecule has 0 saturated carbocycles. The first-order valence-corrected chi connectivity index (χ1v) is 10.5. The Labute approximate surface area is 168 Å². The van der Waals surface area contributed by atoms with E-state index in [2.05, 4.69) is 72.8 Å². The van der Waals surface area contributed by atoms with E-state index in [1.807, 2.05) is 47.8 Å². The number of thioether (sulfide) groups is 2. The molecule has 27 heavy (non-hydrogen) atoms. The predicted octanol–water partition coefficient (Wildman–Crippen LogP) is 6.47. The second-order valence-corrected chi connectivity index (χ2v) is 9.18. The van der Waals surface area contributed by atoms with E-state index in [1.165, 1.54) is 15.4 Å². The highest BCUT2D eigenvalue weighted by molar-refractivity contribution is 8.17. The summed E-state index contributed by atoms with van der Waals surface area (Å²) in [7, 11) is 0. The fourth-order valence-electron chi connectivity index (χ4n) is 3.16. The zero-order valence-corrected chi connectivity index (χ0v) is 16.3. The minimum absolute atomic E-state index is 0.0163. The lowest BCUT2D eigenvalue weighted by Gasteiger charge is -2.37. The molecule has 0 aromatic heterocycles. The molecule has 1 unspecified atom stereocenters. The first-order valence-electron chi connectivity index (χ1n) is 8.83.